The molecule has 0 radical (unpaired) electrons. The van der Waals surface area contributed by atoms with Crippen LogP contribution in [0, 0.1) is 5.82 Å². The first-order chi connectivity index (χ1) is 11.1. The fraction of sp³-hybridized carbons (Fsp3) is 0.471. The molecule has 0 unspecified atom stereocenters. The fourth-order valence-corrected chi connectivity index (χ4v) is 4.14. The van der Waals surface area contributed by atoms with Crippen LogP contribution < -0.4 is 10.6 Å². The second kappa shape index (κ2) is 7.27. The Hall–Kier alpha value is -1.66. The highest BCUT2D eigenvalue weighted by atomic mass is 32.1. The number of carbonyl (C=O) groups is 1. The van der Waals surface area contributed by atoms with Crippen LogP contribution in [0.25, 0.3) is 10.1 Å². The molecule has 1 fully saturated rings. The molecule has 0 aliphatic carbocycles. The van der Waals surface area contributed by atoms with Crippen molar-refractivity contribution in [2.45, 2.75) is 19.3 Å². The smallest absolute Gasteiger partial charge is 0.217 e. The minimum absolute atomic E-state index is 0.178. The van der Waals surface area contributed by atoms with Gasteiger partial charge in [0, 0.05) is 41.5 Å². The van der Waals surface area contributed by atoms with E-state index < -0.39 is 0 Å². The molecule has 3 rings (SSSR count). The quantitative estimate of drug-likeness (QED) is 0.914. The van der Waals surface area contributed by atoms with E-state index in [9.17, 15) is 9.18 Å². The molecule has 23 heavy (non-hydrogen) atoms. The van der Waals surface area contributed by atoms with Crippen LogP contribution in [0.3, 0.4) is 0 Å². The van der Waals surface area contributed by atoms with Gasteiger partial charge in [0.1, 0.15) is 5.82 Å². The normalized spacial score (nSPS) is 16.7. The summed E-state index contributed by atoms with van der Waals surface area (Å²) in [6.07, 6.45) is 2.38. The molecule has 1 amide bonds. The number of fused-ring (bicyclic) bond motifs is 1. The SMILES string of the molecule is NC(=O)CCCN1CCCN(c2csc3cc(F)ccc23)CC1. The van der Waals surface area contributed by atoms with Gasteiger partial charge in [-0.15, -0.1) is 11.3 Å². The van der Waals surface area contributed by atoms with Gasteiger partial charge < -0.3 is 15.5 Å². The van der Waals surface area contributed by atoms with Gasteiger partial charge in [-0.2, -0.15) is 0 Å². The zero-order valence-corrected chi connectivity index (χ0v) is 13.9. The maximum atomic E-state index is 13.3. The Morgan fingerprint density at radius 3 is 2.96 bits per heavy atom. The summed E-state index contributed by atoms with van der Waals surface area (Å²) < 4.78 is 14.3. The van der Waals surface area contributed by atoms with Gasteiger partial charge in [-0.05, 0) is 44.1 Å². The number of rotatable bonds is 5. The Morgan fingerprint density at radius 2 is 2.13 bits per heavy atom. The maximum Gasteiger partial charge on any atom is 0.217 e. The van der Waals surface area contributed by atoms with Crippen molar-refractivity contribution in [1.29, 1.82) is 0 Å². The lowest BCUT2D eigenvalue weighted by Crippen LogP contribution is -2.31. The summed E-state index contributed by atoms with van der Waals surface area (Å²) >= 11 is 1.60. The third-order valence-corrected chi connectivity index (χ3v) is 5.28. The Labute approximate surface area is 139 Å². The number of thiophene rings is 1. The molecule has 0 saturated carbocycles. The molecule has 4 nitrogen and oxygen atoms in total. The van der Waals surface area contributed by atoms with Gasteiger partial charge in [0.2, 0.25) is 5.91 Å². The molecule has 1 aliphatic heterocycles. The van der Waals surface area contributed by atoms with E-state index in [1.54, 1.807) is 17.4 Å². The van der Waals surface area contributed by atoms with Crippen LogP contribution >= 0.6 is 11.3 Å². The molecule has 0 spiro atoms. The van der Waals surface area contributed by atoms with Gasteiger partial charge >= 0.3 is 0 Å². The second-order valence-corrected chi connectivity index (χ2v) is 6.92. The third-order valence-electron chi connectivity index (χ3n) is 4.34. The summed E-state index contributed by atoms with van der Waals surface area (Å²) in [7, 11) is 0. The van der Waals surface area contributed by atoms with Crippen molar-refractivity contribution in [3.8, 4) is 0 Å². The Kier molecular flexibility index (Phi) is 5.13. The van der Waals surface area contributed by atoms with Crippen molar-refractivity contribution in [2.75, 3.05) is 37.6 Å². The molecular formula is C17H22FN3OS. The highest BCUT2D eigenvalue weighted by Crippen LogP contribution is 2.33. The standard InChI is InChI=1S/C17H22FN3OS/c18-13-4-5-14-15(12-23-16(14)11-13)21-8-2-7-20(9-10-21)6-1-3-17(19)22/h4-5,11-12H,1-3,6-10H2,(H2,19,22). The van der Waals surface area contributed by atoms with Gasteiger partial charge in [-0.3, -0.25) is 4.79 Å². The van der Waals surface area contributed by atoms with Crippen LogP contribution in [0.4, 0.5) is 10.1 Å². The molecule has 0 bridgehead atoms. The van der Waals surface area contributed by atoms with Crippen LogP contribution in [0.5, 0.6) is 0 Å². The topological polar surface area (TPSA) is 49.6 Å². The molecular weight excluding hydrogens is 313 g/mol. The highest BCUT2D eigenvalue weighted by Gasteiger charge is 2.17. The maximum absolute atomic E-state index is 13.3. The first kappa shape index (κ1) is 16.2. The van der Waals surface area contributed by atoms with Crippen molar-refractivity contribution in [3.05, 3.63) is 29.4 Å². The van der Waals surface area contributed by atoms with E-state index >= 15 is 0 Å². The molecule has 2 aromatic rings. The number of benzene rings is 1. The predicted octanol–water partition coefficient (Wildman–Crippen LogP) is 2.82. The summed E-state index contributed by atoms with van der Waals surface area (Å²) in [5, 5.41) is 3.27. The lowest BCUT2D eigenvalue weighted by Gasteiger charge is -2.23. The number of carbonyl (C=O) groups excluding carboxylic acids is 1. The lowest BCUT2D eigenvalue weighted by atomic mass is 10.2. The summed E-state index contributed by atoms with van der Waals surface area (Å²) in [5.41, 5.74) is 6.41. The minimum atomic E-state index is -0.224. The number of halogens is 1. The molecule has 2 N–H and O–H groups in total. The predicted molar refractivity (Wildman–Crippen MR) is 93.5 cm³/mol. The second-order valence-electron chi connectivity index (χ2n) is 6.01. The largest absolute Gasteiger partial charge is 0.370 e. The summed E-state index contributed by atoms with van der Waals surface area (Å²) in [4.78, 5) is 15.6. The minimum Gasteiger partial charge on any atom is -0.370 e. The molecule has 2 heterocycles. The first-order valence-electron chi connectivity index (χ1n) is 8.06. The van der Waals surface area contributed by atoms with Gasteiger partial charge in [-0.1, -0.05) is 0 Å². The number of nitrogens with two attached hydrogens (primary N) is 1. The van der Waals surface area contributed by atoms with E-state index in [0.29, 0.717) is 6.42 Å². The van der Waals surface area contributed by atoms with Crippen LogP contribution in [0.2, 0.25) is 0 Å². The van der Waals surface area contributed by atoms with Gasteiger partial charge in [0.25, 0.3) is 0 Å². The number of primary amides is 1. The van der Waals surface area contributed by atoms with Gasteiger partial charge in [-0.25, -0.2) is 4.39 Å². The van der Waals surface area contributed by atoms with Crippen molar-refractivity contribution < 1.29 is 9.18 Å². The molecule has 1 aliphatic rings. The monoisotopic (exact) mass is 335 g/mol. The van der Waals surface area contributed by atoms with E-state index in [2.05, 4.69) is 15.2 Å². The fourth-order valence-electron chi connectivity index (χ4n) is 3.15. The molecule has 1 saturated heterocycles. The van der Waals surface area contributed by atoms with Crippen molar-refractivity contribution in [2.24, 2.45) is 5.73 Å². The number of amides is 1. The summed E-state index contributed by atoms with van der Waals surface area (Å²) in [6.45, 7) is 4.92. The first-order valence-corrected chi connectivity index (χ1v) is 8.94. The van der Waals surface area contributed by atoms with E-state index in [-0.39, 0.29) is 11.7 Å². The van der Waals surface area contributed by atoms with E-state index in [4.69, 9.17) is 5.73 Å². The zero-order valence-electron chi connectivity index (χ0n) is 13.1. The average molecular weight is 335 g/mol. The van der Waals surface area contributed by atoms with Gasteiger partial charge in [0.15, 0.2) is 0 Å². The zero-order chi connectivity index (χ0) is 16.2. The number of anilines is 1. The van der Waals surface area contributed by atoms with Crippen LogP contribution in [-0.2, 0) is 4.79 Å². The van der Waals surface area contributed by atoms with Crippen molar-refractivity contribution in [3.63, 3.8) is 0 Å². The summed E-state index contributed by atoms with van der Waals surface area (Å²) in [6, 6.07) is 5.02. The van der Waals surface area contributed by atoms with E-state index in [1.807, 2.05) is 6.07 Å². The number of hydrogen-bond donors (Lipinski definition) is 1. The summed E-state index contributed by atoms with van der Waals surface area (Å²) in [5.74, 6) is -0.402. The Bertz CT molecular complexity index is 688. The highest BCUT2D eigenvalue weighted by molar-refractivity contribution is 7.17. The van der Waals surface area contributed by atoms with Crippen LogP contribution in [0.1, 0.15) is 19.3 Å². The Balaban J connectivity index is 1.64. The third kappa shape index (κ3) is 4.00. The van der Waals surface area contributed by atoms with Crippen LogP contribution in [-0.4, -0.2) is 43.5 Å². The van der Waals surface area contributed by atoms with Gasteiger partial charge in [0.05, 0.1) is 5.69 Å². The van der Waals surface area contributed by atoms with E-state index in [0.717, 1.165) is 55.7 Å². The van der Waals surface area contributed by atoms with Crippen LogP contribution in [0.15, 0.2) is 23.6 Å². The van der Waals surface area contributed by atoms with E-state index in [1.165, 1.54) is 11.8 Å². The lowest BCUT2D eigenvalue weighted by molar-refractivity contribution is -0.118. The average Bonchev–Trinajstić information content (AvgIpc) is 2.77. The number of nitrogens with zero attached hydrogens (tertiary/aromatic N) is 2. The molecule has 124 valence electrons. The number of hydrogen-bond acceptors (Lipinski definition) is 4. The molecule has 1 aromatic carbocycles. The molecule has 0 atom stereocenters. The Morgan fingerprint density at radius 1 is 1.26 bits per heavy atom. The molecule has 1 aromatic heterocycles. The van der Waals surface area contributed by atoms with Crippen molar-refractivity contribution >= 4 is 33.0 Å². The molecule has 6 heteroatoms. The van der Waals surface area contributed by atoms with Crippen molar-refractivity contribution in [1.82, 2.24) is 4.90 Å².